The van der Waals surface area contributed by atoms with Gasteiger partial charge in [-0.15, -0.1) is 0 Å². The number of non-ortho nitro benzene ring substituents is 1. The van der Waals surface area contributed by atoms with Crippen molar-refractivity contribution >= 4 is 23.5 Å². The molecule has 0 radical (unpaired) electrons. The third-order valence-electron chi connectivity index (χ3n) is 3.73. The lowest BCUT2D eigenvalue weighted by atomic mass is 10.1. The Labute approximate surface area is 161 Å². The van der Waals surface area contributed by atoms with Crippen LogP contribution in [0.5, 0.6) is 0 Å². The van der Waals surface area contributed by atoms with Gasteiger partial charge in [-0.1, -0.05) is 36.4 Å². The lowest BCUT2D eigenvalue weighted by molar-refractivity contribution is -0.384. The minimum absolute atomic E-state index is 0.0333. The summed E-state index contributed by atoms with van der Waals surface area (Å²) < 4.78 is 5.25. The molecule has 0 aliphatic carbocycles. The molecule has 0 aromatic heterocycles. The summed E-state index contributed by atoms with van der Waals surface area (Å²) in [5.41, 5.74) is 0.293. The number of rotatable bonds is 7. The highest BCUT2D eigenvalue weighted by molar-refractivity contribution is 5.96. The molecule has 0 fully saturated rings. The number of amides is 2. The van der Waals surface area contributed by atoms with Gasteiger partial charge in [0.05, 0.1) is 4.92 Å². The number of hydrogen-bond acceptors (Lipinski definition) is 6. The number of ether oxygens (including phenoxy) is 1. The van der Waals surface area contributed by atoms with E-state index >= 15 is 0 Å². The summed E-state index contributed by atoms with van der Waals surface area (Å²) in [6.07, 6.45) is -1.14. The smallest absolute Gasteiger partial charge is 0.326 e. The zero-order valence-corrected chi connectivity index (χ0v) is 15.3. The van der Waals surface area contributed by atoms with Crippen molar-refractivity contribution in [2.45, 2.75) is 6.10 Å². The molecule has 9 nitrogen and oxygen atoms in total. The van der Waals surface area contributed by atoms with Gasteiger partial charge < -0.3 is 15.0 Å². The molecular weight excluding hydrogens is 366 g/mol. The number of nitro groups is 1. The van der Waals surface area contributed by atoms with Crippen molar-refractivity contribution < 1.29 is 24.0 Å². The number of nitrogens with zero attached hydrogens (tertiary/aromatic N) is 2. The van der Waals surface area contributed by atoms with E-state index in [9.17, 15) is 24.5 Å². The number of carbonyl (C=O) groups is 3. The van der Waals surface area contributed by atoms with Gasteiger partial charge in [0.1, 0.15) is 6.54 Å². The summed E-state index contributed by atoms with van der Waals surface area (Å²) in [5, 5.41) is 13.1. The number of benzene rings is 2. The molecule has 0 spiro atoms. The second-order valence-electron chi connectivity index (χ2n) is 6.00. The first-order valence-corrected chi connectivity index (χ1v) is 8.28. The molecule has 2 aromatic rings. The molecular formula is C19H19N3O6. The lowest BCUT2D eigenvalue weighted by Gasteiger charge is -2.21. The minimum Gasteiger partial charge on any atom is -0.446 e. The van der Waals surface area contributed by atoms with Gasteiger partial charge in [0, 0.05) is 37.4 Å². The van der Waals surface area contributed by atoms with Crippen LogP contribution in [0.25, 0.3) is 0 Å². The van der Waals surface area contributed by atoms with E-state index in [1.807, 2.05) is 0 Å². The highest BCUT2D eigenvalue weighted by Crippen LogP contribution is 2.19. The number of likely N-dealkylation sites (N-methyl/N-ethyl adjacent to an activating group) is 1. The van der Waals surface area contributed by atoms with Crippen LogP contribution in [-0.4, -0.2) is 48.2 Å². The van der Waals surface area contributed by atoms with Crippen LogP contribution in [0.4, 0.5) is 5.69 Å². The van der Waals surface area contributed by atoms with E-state index < -0.39 is 35.4 Å². The quantitative estimate of drug-likeness (QED) is 0.440. The van der Waals surface area contributed by atoms with Crippen LogP contribution in [0.1, 0.15) is 22.0 Å². The van der Waals surface area contributed by atoms with E-state index in [0.29, 0.717) is 5.56 Å². The fourth-order valence-corrected chi connectivity index (χ4v) is 2.31. The molecule has 0 unspecified atom stereocenters. The molecule has 28 heavy (non-hydrogen) atoms. The Kier molecular flexibility index (Phi) is 6.80. The number of nitrogens with one attached hydrogen (secondary N) is 1. The Morgan fingerprint density at radius 2 is 1.79 bits per heavy atom. The molecule has 0 bridgehead atoms. The maximum absolute atomic E-state index is 12.3. The predicted molar refractivity (Wildman–Crippen MR) is 99.4 cm³/mol. The van der Waals surface area contributed by atoms with Crippen LogP contribution in [0.15, 0.2) is 54.6 Å². The second-order valence-corrected chi connectivity index (χ2v) is 6.00. The van der Waals surface area contributed by atoms with Crippen molar-refractivity contribution in [2.24, 2.45) is 0 Å². The van der Waals surface area contributed by atoms with Gasteiger partial charge in [-0.05, 0) is 6.07 Å². The Morgan fingerprint density at radius 3 is 2.39 bits per heavy atom. The average Bonchev–Trinajstić information content (AvgIpc) is 2.70. The minimum atomic E-state index is -1.14. The van der Waals surface area contributed by atoms with Gasteiger partial charge in [-0.2, -0.15) is 0 Å². The topological polar surface area (TPSA) is 119 Å². The first-order chi connectivity index (χ1) is 13.3. The van der Waals surface area contributed by atoms with Crippen LogP contribution in [-0.2, 0) is 14.3 Å². The summed E-state index contributed by atoms with van der Waals surface area (Å²) in [4.78, 5) is 48.0. The highest BCUT2D eigenvalue weighted by Gasteiger charge is 2.26. The zero-order chi connectivity index (χ0) is 20.7. The maximum Gasteiger partial charge on any atom is 0.326 e. The van der Waals surface area contributed by atoms with Gasteiger partial charge in [0.2, 0.25) is 6.10 Å². The molecule has 2 rings (SSSR count). The second kappa shape index (κ2) is 9.26. The number of carbonyl (C=O) groups excluding carboxylic acids is 3. The lowest BCUT2D eigenvalue weighted by Crippen LogP contribution is -2.35. The number of hydrogen-bond donors (Lipinski definition) is 1. The van der Waals surface area contributed by atoms with Gasteiger partial charge in [0.25, 0.3) is 17.5 Å². The molecule has 2 aromatic carbocycles. The van der Waals surface area contributed by atoms with Gasteiger partial charge >= 0.3 is 5.97 Å². The summed E-state index contributed by atoms with van der Waals surface area (Å²) in [5.74, 6) is -1.91. The maximum atomic E-state index is 12.3. The van der Waals surface area contributed by atoms with E-state index in [0.717, 1.165) is 6.07 Å². The molecule has 146 valence electrons. The van der Waals surface area contributed by atoms with E-state index in [4.69, 9.17) is 4.74 Å². The SMILES string of the molecule is CN(C)C(=O)[C@H](OC(=O)CNC(=O)c1cccc([N+](=O)[O-])c1)c1ccccc1. The summed E-state index contributed by atoms with van der Waals surface area (Å²) in [6, 6.07) is 13.6. The monoisotopic (exact) mass is 385 g/mol. The first-order valence-electron chi connectivity index (χ1n) is 8.28. The van der Waals surface area contributed by atoms with Crippen molar-refractivity contribution in [3.8, 4) is 0 Å². The Balaban J connectivity index is 2.03. The largest absolute Gasteiger partial charge is 0.446 e. The summed E-state index contributed by atoms with van der Waals surface area (Å²) in [7, 11) is 3.08. The van der Waals surface area contributed by atoms with Crippen LogP contribution in [0, 0.1) is 10.1 Å². The molecule has 0 aliphatic heterocycles. The normalized spacial score (nSPS) is 11.2. The Hall–Kier alpha value is -3.75. The Bertz CT molecular complexity index is 882. The van der Waals surface area contributed by atoms with Crippen LogP contribution < -0.4 is 5.32 Å². The molecule has 1 N–H and O–H groups in total. The zero-order valence-electron chi connectivity index (χ0n) is 15.3. The van der Waals surface area contributed by atoms with Gasteiger partial charge in [0.15, 0.2) is 0 Å². The van der Waals surface area contributed by atoms with Crippen LogP contribution in [0.2, 0.25) is 0 Å². The van der Waals surface area contributed by atoms with E-state index in [1.54, 1.807) is 30.3 Å². The van der Waals surface area contributed by atoms with Crippen molar-refractivity contribution in [1.29, 1.82) is 0 Å². The molecule has 0 saturated heterocycles. The van der Waals surface area contributed by atoms with Gasteiger partial charge in [-0.25, -0.2) is 0 Å². The van der Waals surface area contributed by atoms with Crippen molar-refractivity contribution in [3.05, 3.63) is 75.8 Å². The van der Waals surface area contributed by atoms with Gasteiger partial charge in [-0.3, -0.25) is 24.5 Å². The van der Waals surface area contributed by atoms with E-state index in [-0.39, 0.29) is 11.3 Å². The molecule has 0 heterocycles. The van der Waals surface area contributed by atoms with Crippen molar-refractivity contribution in [2.75, 3.05) is 20.6 Å². The summed E-state index contributed by atoms with van der Waals surface area (Å²) >= 11 is 0. The standard InChI is InChI=1S/C19H19N3O6/c1-21(2)19(25)17(13-7-4-3-5-8-13)28-16(23)12-20-18(24)14-9-6-10-15(11-14)22(26)27/h3-11,17H,12H2,1-2H3,(H,20,24)/t17-/m1/s1. The van der Waals surface area contributed by atoms with Crippen molar-refractivity contribution in [1.82, 2.24) is 10.2 Å². The highest BCUT2D eigenvalue weighted by atomic mass is 16.6. The number of nitro benzene ring substituents is 1. The van der Waals surface area contributed by atoms with Crippen LogP contribution >= 0.6 is 0 Å². The third-order valence-corrected chi connectivity index (χ3v) is 3.73. The van der Waals surface area contributed by atoms with E-state index in [1.165, 1.54) is 37.2 Å². The fourth-order valence-electron chi connectivity index (χ4n) is 2.31. The molecule has 2 amide bonds. The first kappa shape index (κ1) is 20.6. The van der Waals surface area contributed by atoms with Crippen LogP contribution in [0.3, 0.4) is 0 Å². The Morgan fingerprint density at radius 1 is 1.11 bits per heavy atom. The fraction of sp³-hybridized carbons (Fsp3) is 0.211. The molecule has 9 heteroatoms. The molecule has 1 atom stereocenters. The van der Waals surface area contributed by atoms with E-state index in [2.05, 4.69) is 5.32 Å². The average molecular weight is 385 g/mol. The summed E-state index contributed by atoms with van der Waals surface area (Å²) in [6.45, 7) is -0.494. The van der Waals surface area contributed by atoms with Crippen molar-refractivity contribution in [3.63, 3.8) is 0 Å². The molecule has 0 aliphatic rings. The number of esters is 1. The molecule has 0 saturated carbocycles. The predicted octanol–water partition coefficient (Wildman–Crippen LogP) is 1.70. The third kappa shape index (κ3) is 5.37.